The fourth-order valence-electron chi connectivity index (χ4n) is 3.46. The molecule has 6 heteroatoms. The van der Waals surface area contributed by atoms with Crippen molar-refractivity contribution in [2.45, 2.75) is 25.5 Å². The average molecular weight is 400 g/mol. The summed E-state index contributed by atoms with van der Waals surface area (Å²) in [5.41, 5.74) is 3.31. The number of nitrogens with one attached hydrogen (secondary N) is 1. The predicted octanol–water partition coefficient (Wildman–Crippen LogP) is 4.48. The molecule has 0 radical (unpaired) electrons. The molecule has 5 nitrogen and oxygen atoms in total. The number of piperidine rings is 1. The van der Waals surface area contributed by atoms with Crippen LogP contribution in [0.25, 0.3) is 11.1 Å². The van der Waals surface area contributed by atoms with E-state index in [1.54, 1.807) is 7.11 Å². The van der Waals surface area contributed by atoms with Gasteiger partial charge >= 0.3 is 0 Å². The van der Waals surface area contributed by atoms with Gasteiger partial charge in [0.1, 0.15) is 6.61 Å². The Morgan fingerprint density at radius 3 is 2.57 bits per heavy atom. The molecule has 148 valence electrons. The van der Waals surface area contributed by atoms with Crippen molar-refractivity contribution in [2.75, 3.05) is 20.2 Å². The van der Waals surface area contributed by atoms with E-state index in [9.17, 15) is 0 Å². The van der Waals surface area contributed by atoms with E-state index in [1.807, 2.05) is 36.5 Å². The van der Waals surface area contributed by atoms with Crippen LogP contribution in [0.5, 0.6) is 11.5 Å². The lowest BCUT2D eigenvalue weighted by Crippen LogP contribution is -2.29. The summed E-state index contributed by atoms with van der Waals surface area (Å²) in [6.07, 6.45) is 6.31. The highest BCUT2D eigenvalue weighted by molar-refractivity contribution is 5.85. The van der Waals surface area contributed by atoms with Crippen molar-refractivity contribution >= 4 is 12.4 Å². The molecule has 0 spiro atoms. The Bertz CT molecular complexity index is 876. The number of hydrogen-bond acceptors (Lipinski definition) is 4. The zero-order valence-electron chi connectivity index (χ0n) is 16.0. The van der Waals surface area contributed by atoms with Crippen LogP contribution in [-0.4, -0.2) is 30.0 Å². The third kappa shape index (κ3) is 4.66. The van der Waals surface area contributed by atoms with Crippen LogP contribution < -0.4 is 14.8 Å². The predicted molar refractivity (Wildman–Crippen MR) is 113 cm³/mol. The quantitative estimate of drug-likeness (QED) is 0.663. The molecule has 4 rings (SSSR count). The van der Waals surface area contributed by atoms with Crippen LogP contribution in [0.3, 0.4) is 0 Å². The fourth-order valence-corrected chi connectivity index (χ4v) is 3.46. The van der Waals surface area contributed by atoms with Crippen molar-refractivity contribution in [3.63, 3.8) is 0 Å². The van der Waals surface area contributed by atoms with Gasteiger partial charge in [-0.25, -0.2) is 0 Å². The maximum atomic E-state index is 5.95. The van der Waals surface area contributed by atoms with Gasteiger partial charge in [-0.05, 0) is 49.2 Å². The van der Waals surface area contributed by atoms with E-state index in [0.29, 0.717) is 12.6 Å². The van der Waals surface area contributed by atoms with Crippen LogP contribution in [-0.2, 0) is 6.61 Å². The van der Waals surface area contributed by atoms with Crippen molar-refractivity contribution in [1.82, 2.24) is 15.1 Å². The lowest BCUT2D eigenvalue weighted by Gasteiger charge is -2.22. The van der Waals surface area contributed by atoms with Crippen molar-refractivity contribution in [2.24, 2.45) is 0 Å². The van der Waals surface area contributed by atoms with Crippen molar-refractivity contribution in [1.29, 1.82) is 0 Å². The zero-order chi connectivity index (χ0) is 18.5. The molecule has 2 heterocycles. The molecule has 1 fully saturated rings. The maximum absolute atomic E-state index is 5.95. The minimum absolute atomic E-state index is 0. The summed E-state index contributed by atoms with van der Waals surface area (Å²) in [5.74, 6) is 1.48. The van der Waals surface area contributed by atoms with Gasteiger partial charge in [-0.3, -0.25) is 4.68 Å². The summed E-state index contributed by atoms with van der Waals surface area (Å²) in [6, 6.07) is 16.7. The monoisotopic (exact) mass is 399 g/mol. The highest BCUT2D eigenvalue weighted by Gasteiger charge is 2.16. The molecule has 2 aromatic carbocycles. The number of benzene rings is 2. The highest BCUT2D eigenvalue weighted by atomic mass is 35.5. The molecular formula is C22H26ClN3O2. The summed E-state index contributed by atoms with van der Waals surface area (Å²) < 4.78 is 13.6. The van der Waals surface area contributed by atoms with Crippen LogP contribution in [0, 0.1) is 0 Å². The van der Waals surface area contributed by atoms with Crippen LogP contribution >= 0.6 is 12.4 Å². The van der Waals surface area contributed by atoms with Gasteiger partial charge in [-0.15, -0.1) is 12.4 Å². The topological polar surface area (TPSA) is 48.3 Å². The summed E-state index contributed by atoms with van der Waals surface area (Å²) in [6.45, 7) is 2.63. The minimum Gasteiger partial charge on any atom is -0.493 e. The number of methoxy groups -OCH3 is 1. The number of nitrogens with zero attached hydrogens (tertiary/aromatic N) is 2. The van der Waals surface area contributed by atoms with Crippen molar-refractivity contribution < 1.29 is 9.47 Å². The van der Waals surface area contributed by atoms with Gasteiger partial charge < -0.3 is 14.8 Å². The maximum Gasteiger partial charge on any atom is 0.161 e. The fraction of sp³-hybridized carbons (Fsp3) is 0.318. The number of aromatic nitrogens is 2. The van der Waals surface area contributed by atoms with Crippen LogP contribution in [0.15, 0.2) is 60.9 Å². The number of halogens is 1. The van der Waals surface area contributed by atoms with E-state index in [2.05, 4.69) is 39.5 Å². The van der Waals surface area contributed by atoms with Crippen LogP contribution in [0.4, 0.5) is 0 Å². The normalized spacial score (nSPS) is 14.3. The SMILES string of the molecule is COc1cc(-c2cnn(C3CCNCC3)c2)ccc1OCc1ccccc1.Cl. The standard InChI is InChI=1S/C22H25N3O2.ClH/c1-26-22-13-18(7-8-21(22)27-16-17-5-3-2-4-6-17)19-14-24-25(15-19)20-9-11-23-12-10-20;/h2-8,13-15,20,23H,9-12,16H2,1H3;1H. The first-order chi connectivity index (χ1) is 13.3. The molecule has 0 saturated carbocycles. The Kier molecular flexibility index (Phi) is 6.95. The summed E-state index contributed by atoms with van der Waals surface area (Å²) in [5, 5.41) is 7.98. The minimum atomic E-state index is 0. The van der Waals surface area contributed by atoms with Crippen molar-refractivity contribution in [3.05, 3.63) is 66.5 Å². The Morgan fingerprint density at radius 2 is 1.82 bits per heavy atom. The van der Waals surface area contributed by atoms with E-state index in [4.69, 9.17) is 9.47 Å². The second-order valence-corrected chi connectivity index (χ2v) is 6.83. The second-order valence-electron chi connectivity index (χ2n) is 6.83. The first kappa shape index (κ1) is 20.2. The molecular weight excluding hydrogens is 374 g/mol. The number of ether oxygens (including phenoxy) is 2. The number of hydrogen-bond donors (Lipinski definition) is 1. The molecule has 0 unspecified atom stereocenters. The van der Waals surface area contributed by atoms with Gasteiger partial charge in [-0.2, -0.15) is 5.10 Å². The molecule has 1 aliphatic rings. The molecule has 0 bridgehead atoms. The smallest absolute Gasteiger partial charge is 0.161 e. The molecule has 0 atom stereocenters. The Hall–Kier alpha value is -2.50. The third-order valence-corrected chi connectivity index (χ3v) is 5.02. The molecule has 1 saturated heterocycles. The van der Waals surface area contributed by atoms with E-state index < -0.39 is 0 Å². The van der Waals surface area contributed by atoms with Gasteiger partial charge in [0.25, 0.3) is 0 Å². The second kappa shape index (κ2) is 9.62. The summed E-state index contributed by atoms with van der Waals surface area (Å²) in [7, 11) is 1.67. The Balaban J connectivity index is 0.00000225. The van der Waals surface area contributed by atoms with Gasteiger partial charge in [0.2, 0.25) is 0 Å². The molecule has 1 N–H and O–H groups in total. The third-order valence-electron chi connectivity index (χ3n) is 5.02. The van der Waals surface area contributed by atoms with Crippen LogP contribution in [0.1, 0.15) is 24.4 Å². The molecule has 1 aromatic heterocycles. The molecule has 3 aromatic rings. The van der Waals surface area contributed by atoms with E-state index in [0.717, 1.165) is 54.1 Å². The first-order valence-electron chi connectivity index (χ1n) is 9.43. The largest absolute Gasteiger partial charge is 0.493 e. The van der Waals surface area contributed by atoms with Crippen LogP contribution in [0.2, 0.25) is 0 Å². The van der Waals surface area contributed by atoms with Gasteiger partial charge in [-0.1, -0.05) is 36.4 Å². The van der Waals surface area contributed by atoms with Gasteiger partial charge in [0, 0.05) is 11.8 Å². The summed E-state index contributed by atoms with van der Waals surface area (Å²) in [4.78, 5) is 0. The Morgan fingerprint density at radius 1 is 1.04 bits per heavy atom. The zero-order valence-corrected chi connectivity index (χ0v) is 16.8. The van der Waals surface area contributed by atoms with Gasteiger partial charge in [0.15, 0.2) is 11.5 Å². The van der Waals surface area contributed by atoms with E-state index in [1.165, 1.54) is 0 Å². The summed E-state index contributed by atoms with van der Waals surface area (Å²) >= 11 is 0. The molecule has 1 aliphatic heterocycles. The highest BCUT2D eigenvalue weighted by Crippen LogP contribution is 2.33. The molecule has 0 amide bonds. The number of rotatable bonds is 6. The lowest BCUT2D eigenvalue weighted by molar-refractivity contribution is 0.284. The average Bonchev–Trinajstić information content (AvgIpc) is 3.24. The van der Waals surface area contributed by atoms with Crippen molar-refractivity contribution in [3.8, 4) is 22.6 Å². The Labute approximate surface area is 172 Å². The first-order valence-corrected chi connectivity index (χ1v) is 9.43. The van der Waals surface area contributed by atoms with E-state index in [-0.39, 0.29) is 12.4 Å². The lowest BCUT2D eigenvalue weighted by atomic mass is 10.1. The molecule has 28 heavy (non-hydrogen) atoms. The van der Waals surface area contributed by atoms with Gasteiger partial charge in [0.05, 0.1) is 19.3 Å². The van der Waals surface area contributed by atoms with E-state index >= 15 is 0 Å². The molecule has 0 aliphatic carbocycles.